The summed E-state index contributed by atoms with van der Waals surface area (Å²) in [5.41, 5.74) is 0. The molecule has 0 spiro atoms. The van der Waals surface area contributed by atoms with Crippen molar-refractivity contribution in [2.45, 2.75) is 26.3 Å². The Labute approximate surface area is 98.6 Å². The third-order valence-electron chi connectivity index (χ3n) is 2.35. The van der Waals surface area contributed by atoms with Gasteiger partial charge in [-0.2, -0.15) is 5.10 Å². The fraction of sp³-hybridized carbons (Fsp3) is 0.364. The second-order valence-electron chi connectivity index (χ2n) is 3.91. The van der Waals surface area contributed by atoms with Crippen LogP contribution in [0.3, 0.4) is 0 Å². The highest BCUT2D eigenvalue weighted by molar-refractivity contribution is 5.89. The lowest BCUT2D eigenvalue weighted by Crippen LogP contribution is -2.18. The summed E-state index contributed by atoms with van der Waals surface area (Å²) in [5, 5.41) is 10.4. The van der Waals surface area contributed by atoms with E-state index in [9.17, 15) is 4.79 Å². The van der Waals surface area contributed by atoms with E-state index in [1.807, 2.05) is 19.2 Å². The Hall–Kier alpha value is -2.11. The van der Waals surface area contributed by atoms with Crippen molar-refractivity contribution in [2.75, 3.05) is 5.32 Å². The Morgan fingerprint density at radius 2 is 2.47 bits per heavy atom. The van der Waals surface area contributed by atoms with Gasteiger partial charge < -0.3 is 9.84 Å². The fourth-order valence-corrected chi connectivity index (χ4v) is 1.52. The highest BCUT2D eigenvalue weighted by atomic mass is 16.5. The molecule has 1 N–H and O–H groups in total. The van der Waals surface area contributed by atoms with E-state index < -0.39 is 0 Å². The molecule has 2 heterocycles. The lowest BCUT2D eigenvalue weighted by molar-refractivity contribution is -0.116. The second-order valence-corrected chi connectivity index (χ2v) is 3.91. The highest BCUT2D eigenvalue weighted by Gasteiger charge is 2.12. The summed E-state index contributed by atoms with van der Waals surface area (Å²) in [7, 11) is 0. The minimum Gasteiger partial charge on any atom is -0.360 e. The van der Waals surface area contributed by atoms with Crippen LogP contribution in [0, 0.1) is 6.92 Å². The number of carbonyl (C=O) groups is 1. The molecule has 1 amide bonds. The van der Waals surface area contributed by atoms with Gasteiger partial charge in [0.05, 0.1) is 6.04 Å². The maximum absolute atomic E-state index is 11.7. The van der Waals surface area contributed by atoms with Gasteiger partial charge in [-0.3, -0.25) is 9.48 Å². The average Bonchev–Trinajstić information content (AvgIpc) is 2.89. The van der Waals surface area contributed by atoms with E-state index in [0.29, 0.717) is 18.0 Å². The molecule has 17 heavy (non-hydrogen) atoms. The lowest BCUT2D eigenvalue weighted by atomic mass is 10.2. The first kappa shape index (κ1) is 11.4. The van der Waals surface area contributed by atoms with Gasteiger partial charge in [0.2, 0.25) is 5.91 Å². The van der Waals surface area contributed by atoms with Crippen LogP contribution in [-0.2, 0) is 4.79 Å². The minimum atomic E-state index is -0.110. The van der Waals surface area contributed by atoms with Crippen LogP contribution < -0.4 is 5.32 Å². The zero-order chi connectivity index (χ0) is 12.3. The number of amides is 1. The quantitative estimate of drug-likeness (QED) is 0.875. The number of carbonyl (C=O) groups excluding carboxylic acids is 1. The smallest absolute Gasteiger partial charge is 0.227 e. The molecule has 6 nitrogen and oxygen atoms in total. The molecule has 0 aliphatic carbocycles. The predicted molar refractivity (Wildman–Crippen MR) is 61.4 cm³/mol. The maximum atomic E-state index is 11.7. The van der Waals surface area contributed by atoms with Gasteiger partial charge in [0, 0.05) is 24.9 Å². The van der Waals surface area contributed by atoms with Gasteiger partial charge >= 0.3 is 0 Å². The van der Waals surface area contributed by atoms with E-state index in [-0.39, 0.29) is 11.9 Å². The van der Waals surface area contributed by atoms with Crippen LogP contribution >= 0.6 is 0 Å². The molecule has 0 saturated carbocycles. The molecule has 1 unspecified atom stereocenters. The third-order valence-corrected chi connectivity index (χ3v) is 2.35. The van der Waals surface area contributed by atoms with E-state index in [2.05, 4.69) is 15.6 Å². The number of hydrogen-bond donors (Lipinski definition) is 1. The Balaban J connectivity index is 1.89. The molecule has 90 valence electrons. The van der Waals surface area contributed by atoms with Crippen LogP contribution in [0.25, 0.3) is 0 Å². The monoisotopic (exact) mass is 234 g/mol. The molecule has 0 bridgehead atoms. The molecule has 0 radical (unpaired) electrons. The first-order valence-electron chi connectivity index (χ1n) is 5.37. The number of aromatic nitrogens is 3. The Bertz CT molecular complexity index is 489. The molecule has 0 aromatic carbocycles. The van der Waals surface area contributed by atoms with Crippen molar-refractivity contribution in [3.8, 4) is 0 Å². The van der Waals surface area contributed by atoms with Gasteiger partial charge in [-0.1, -0.05) is 5.16 Å². The third kappa shape index (κ3) is 2.93. The fourth-order valence-electron chi connectivity index (χ4n) is 1.52. The SMILES string of the molecule is Cc1cc(NC(=O)CC(C)n2cccn2)no1. The molecule has 2 aromatic heterocycles. The van der Waals surface area contributed by atoms with Crippen molar-refractivity contribution < 1.29 is 9.32 Å². The molecule has 0 aliphatic heterocycles. The van der Waals surface area contributed by atoms with Crippen molar-refractivity contribution in [2.24, 2.45) is 0 Å². The Morgan fingerprint density at radius 1 is 1.65 bits per heavy atom. The standard InChI is InChI=1S/C11H14N4O2/c1-8(15-5-3-4-12-15)6-11(16)13-10-7-9(2)17-14-10/h3-5,7-8H,6H2,1-2H3,(H,13,14,16). The molecule has 0 saturated heterocycles. The molecular formula is C11H14N4O2. The number of aryl methyl sites for hydroxylation is 1. The Morgan fingerprint density at radius 3 is 3.06 bits per heavy atom. The van der Waals surface area contributed by atoms with E-state index >= 15 is 0 Å². The Kier molecular flexibility index (Phi) is 3.22. The summed E-state index contributed by atoms with van der Waals surface area (Å²) in [4.78, 5) is 11.7. The molecule has 6 heteroatoms. The summed E-state index contributed by atoms with van der Waals surface area (Å²) < 4.78 is 6.60. The van der Waals surface area contributed by atoms with Gasteiger partial charge in [0.1, 0.15) is 5.76 Å². The maximum Gasteiger partial charge on any atom is 0.227 e. The minimum absolute atomic E-state index is 0.0120. The highest BCUT2D eigenvalue weighted by Crippen LogP contribution is 2.12. The van der Waals surface area contributed by atoms with Crippen LogP contribution in [0.2, 0.25) is 0 Å². The molecule has 0 fully saturated rings. The normalized spacial score (nSPS) is 12.4. The summed E-state index contributed by atoms with van der Waals surface area (Å²) in [6, 6.07) is 3.52. The van der Waals surface area contributed by atoms with Crippen molar-refractivity contribution in [1.82, 2.24) is 14.9 Å². The molecule has 2 rings (SSSR count). The van der Waals surface area contributed by atoms with Crippen LogP contribution in [-0.4, -0.2) is 20.8 Å². The second kappa shape index (κ2) is 4.82. The topological polar surface area (TPSA) is 73.0 Å². The van der Waals surface area contributed by atoms with Crippen molar-refractivity contribution in [3.05, 3.63) is 30.3 Å². The van der Waals surface area contributed by atoms with E-state index in [1.54, 1.807) is 23.9 Å². The van der Waals surface area contributed by atoms with E-state index in [4.69, 9.17) is 4.52 Å². The van der Waals surface area contributed by atoms with Crippen LogP contribution in [0.1, 0.15) is 25.1 Å². The first-order valence-corrected chi connectivity index (χ1v) is 5.37. The van der Waals surface area contributed by atoms with Crippen LogP contribution in [0.15, 0.2) is 29.0 Å². The summed E-state index contributed by atoms with van der Waals surface area (Å²) in [5.74, 6) is 1.00. The first-order chi connectivity index (χ1) is 8.15. The molecule has 0 aliphatic rings. The lowest BCUT2D eigenvalue weighted by Gasteiger charge is -2.10. The van der Waals surface area contributed by atoms with E-state index in [0.717, 1.165) is 0 Å². The molecule has 1 atom stereocenters. The van der Waals surface area contributed by atoms with Gasteiger partial charge in [-0.25, -0.2) is 0 Å². The van der Waals surface area contributed by atoms with Gasteiger partial charge in [-0.15, -0.1) is 0 Å². The number of rotatable bonds is 4. The van der Waals surface area contributed by atoms with Crippen molar-refractivity contribution >= 4 is 11.7 Å². The van der Waals surface area contributed by atoms with Gasteiger partial charge in [-0.05, 0) is 19.9 Å². The van der Waals surface area contributed by atoms with Crippen molar-refractivity contribution in [1.29, 1.82) is 0 Å². The number of nitrogens with zero attached hydrogens (tertiary/aromatic N) is 3. The van der Waals surface area contributed by atoms with Crippen LogP contribution in [0.4, 0.5) is 5.82 Å². The number of nitrogens with one attached hydrogen (secondary N) is 1. The summed E-state index contributed by atoms with van der Waals surface area (Å²) in [6.07, 6.45) is 3.86. The van der Waals surface area contributed by atoms with Crippen molar-refractivity contribution in [3.63, 3.8) is 0 Å². The largest absolute Gasteiger partial charge is 0.360 e. The zero-order valence-electron chi connectivity index (χ0n) is 9.75. The molecular weight excluding hydrogens is 220 g/mol. The average molecular weight is 234 g/mol. The van der Waals surface area contributed by atoms with Gasteiger partial charge in [0.15, 0.2) is 5.82 Å². The zero-order valence-corrected chi connectivity index (χ0v) is 9.75. The number of anilines is 1. The van der Waals surface area contributed by atoms with E-state index in [1.165, 1.54) is 0 Å². The summed E-state index contributed by atoms with van der Waals surface area (Å²) >= 11 is 0. The van der Waals surface area contributed by atoms with Crippen LogP contribution in [0.5, 0.6) is 0 Å². The predicted octanol–water partition coefficient (Wildman–Crippen LogP) is 1.77. The summed E-state index contributed by atoms with van der Waals surface area (Å²) in [6.45, 7) is 3.70. The molecule has 2 aromatic rings. The van der Waals surface area contributed by atoms with Gasteiger partial charge in [0.25, 0.3) is 0 Å². The number of hydrogen-bond acceptors (Lipinski definition) is 4.